The van der Waals surface area contributed by atoms with Crippen LogP contribution >= 0.6 is 0 Å². The highest BCUT2D eigenvalue weighted by Crippen LogP contribution is 2.22. The van der Waals surface area contributed by atoms with Crippen molar-refractivity contribution in [2.75, 3.05) is 17.1 Å². The van der Waals surface area contributed by atoms with Gasteiger partial charge in [-0.25, -0.2) is 18.2 Å². The van der Waals surface area contributed by atoms with Crippen molar-refractivity contribution in [3.05, 3.63) is 78.5 Å². The van der Waals surface area contributed by atoms with E-state index < -0.39 is 16.0 Å². The summed E-state index contributed by atoms with van der Waals surface area (Å²) in [7, 11) is -2.37. The van der Waals surface area contributed by atoms with Crippen molar-refractivity contribution >= 4 is 33.2 Å². The summed E-state index contributed by atoms with van der Waals surface area (Å²) in [5, 5.41) is 3.02. The van der Waals surface area contributed by atoms with Crippen LogP contribution in [0.4, 0.5) is 17.2 Å². The van der Waals surface area contributed by atoms with E-state index in [0.717, 1.165) is 0 Å². The Hall–Kier alpha value is -3.39. The maximum absolute atomic E-state index is 12.3. The highest BCUT2D eigenvalue weighted by Gasteiger charge is 2.14. The Morgan fingerprint density at radius 2 is 1.67 bits per heavy atom. The van der Waals surface area contributed by atoms with Gasteiger partial charge in [0.2, 0.25) is 0 Å². The second-order valence-corrected chi connectivity index (χ2v) is 7.20. The first kappa shape index (κ1) is 18.4. The third-order valence-electron chi connectivity index (χ3n) is 3.66. The number of anilines is 3. The van der Waals surface area contributed by atoms with Gasteiger partial charge in [0.15, 0.2) is 0 Å². The third-order valence-corrected chi connectivity index (χ3v) is 5.06. The summed E-state index contributed by atoms with van der Waals surface area (Å²) in [5.74, 6) is -0.0145. The van der Waals surface area contributed by atoms with Gasteiger partial charge in [0.1, 0.15) is 5.82 Å². The van der Waals surface area contributed by atoms with Gasteiger partial charge in [-0.05, 0) is 36.4 Å². The normalized spacial score (nSPS) is 10.9. The molecule has 7 nitrogen and oxygen atoms in total. The van der Waals surface area contributed by atoms with Gasteiger partial charge >= 0.3 is 5.97 Å². The van der Waals surface area contributed by atoms with Gasteiger partial charge in [-0.3, -0.25) is 4.72 Å². The van der Waals surface area contributed by atoms with Crippen molar-refractivity contribution in [2.24, 2.45) is 0 Å². The molecule has 0 spiro atoms. The zero-order chi connectivity index (χ0) is 19.3. The minimum atomic E-state index is -3.68. The minimum Gasteiger partial charge on any atom is -0.465 e. The summed E-state index contributed by atoms with van der Waals surface area (Å²) < 4.78 is 31.9. The fourth-order valence-corrected chi connectivity index (χ4v) is 3.42. The predicted molar refractivity (Wildman–Crippen MR) is 103 cm³/mol. The van der Waals surface area contributed by atoms with E-state index in [1.807, 2.05) is 0 Å². The fraction of sp³-hybridized carbons (Fsp3) is 0.0526. The average molecular weight is 383 g/mol. The van der Waals surface area contributed by atoms with Crippen LogP contribution in [0.1, 0.15) is 10.4 Å². The number of nitrogens with one attached hydrogen (secondary N) is 2. The molecule has 138 valence electrons. The van der Waals surface area contributed by atoms with E-state index in [2.05, 4.69) is 15.0 Å². The van der Waals surface area contributed by atoms with Crippen molar-refractivity contribution in [1.29, 1.82) is 0 Å². The molecule has 3 aromatic rings. The molecule has 0 amide bonds. The van der Waals surface area contributed by atoms with Crippen LogP contribution in [0.2, 0.25) is 0 Å². The molecule has 0 atom stereocenters. The minimum absolute atomic E-state index is 0.166. The number of aromatic nitrogens is 1. The van der Waals surface area contributed by atoms with Gasteiger partial charge in [-0.1, -0.05) is 30.3 Å². The smallest absolute Gasteiger partial charge is 0.339 e. The Labute approximate surface area is 157 Å². The lowest BCUT2D eigenvalue weighted by atomic mass is 10.2. The number of pyridine rings is 1. The van der Waals surface area contributed by atoms with Crippen LogP contribution in [0, 0.1) is 0 Å². The van der Waals surface area contributed by atoms with Crippen LogP contribution in [0.15, 0.2) is 77.8 Å². The van der Waals surface area contributed by atoms with Crippen LogP contribution in [-0.4, -0.2) is 26.5 Å². The van der Waals surface area contributed by atoms with E-state index in [9.17, 15) is 13.2 Å². The van der Waals surface area contributed by atoms with Gasteiger partial charge in [0.05, 0.1) is 35.1 Å². The van der Waals surface area contributed by atoms with Crippen molar-refractivity contribution < 1.29 is 17.9 Å². The molecule has 0 saturated heterocycles. The van der Waals surface area contributed by atoms with Gasteiger partial charge in [0.25, 0.3) is 10.0 Å². The SMILES string of the molecule is COC(=O)c1ccccc1Nc1ccc(NS(=O)(=O)c2ccccc2)cn1. The Morgan fingerprint density at radius 1 is 0.963 bits per heavy atom. The molecule has 27 heavy (non-hydrogen) atoms. The first-order chi connectivity index (χ1) is 13.0. The van der Waals surface area contributed by atoms with Gasteiger partial charge < -0.3 is 10.1 Å². The summed E-state index contributed by atoms with van der Waals surface area (Å²) in [5.41, 5.74) is 1.23. The zero-order valence-electron chi connectivity index (χ0n) is 14.4. The zero-order valence-corrected chi connectivity index (χ0v) is 15.2. The number of rotatable bonds is 6. The molecular weight excluding hydrogens is 366 g/mol. The third kappa shape index (κ3) is 4.42. The van der Waals surface area contributed by atoms with E-state index in [1.165, 1.54) is 25.4 Å². The van der Waals surface area contributed by atoms with E-state index >= 15 is 0 Å². The Morgan fingerprint density at radius 3 is 2.33 bits per heavy atom. The highest BCUT2D eigenvalue weighted by molar-refractivity contribution is 7.92. The van der Waals surface area contributed by atoms with Crippen LogP contribution in [0.25, 0.3) is 0 Å². The summed E-state index contributed by atoms with van der Waals surface area (Å²) in [6, 6.07) is 18.1. The van der Waals surface area contributed by atoms with E-state index in [4.69, 9.17) is 4.74 Å². The maximum Gasteiger partial charge on any atom is 0.339 e. The number of nitrogens with zero attached hydrogens (tertiary/aromatic N) is 1. The second-order valence-electron chi connectivity index (χ2n) is 5.51. The van der Waals surface area contributed by atoms with Gasteiger partial charge in [-0.15, -0.1) is 0 Å². The fourth-order valence-electron chi connectivity index (χ4n) is 2.36. The first-order valence-electron chi connectivity index (χ1n) is 7.98. The molecule has 0 aliphatic rings. The van der Waals surface area contributed by atoms with Crippen molar-refractivity contribution in [3.8, 4) is 0 Å². The number of para-hydroxylation sites is 1. The second kappa shape index (κ2) is 7.88. The molecule has 2 aromatic carbocycles. The molecule has 0 fully saturated rings. The van der Waals surface area contributed by atoms with Crippen LogP contribution in [0.3, 0.4) is 0 Å². The molecule has 0 aliphatic carbocycles. The molecule has 0 unspecified atom stereocenters. The largest absolute Gasteiger partial charge is 0.465 e. The van der Waals surface area contributed by atoms with E-state index in [0.29, 0.717) is 22.8 Å². The Kier molecular flexibility index (Phi) is 5.37. The molecule has 1 heterocycles. The van der Waals surface area contributed by atoms with Crippen molar-refractivity contribution in [2.45, 2.75) is 4.90 Å². The first-order valence-corrected chi connectivity index (χ1v) is 9.46. The molecule has 2 N–H and O–H groups in total. The van der Waals surface area contributed by atoms with Crippen molar-refractivity contribution in [1.82, 2.24) is 4.98 Å². The molecule has 1 aromatic heterocycles. The lowest BCUT2D eigenvalue weighted by Gasteiger charge is -2.11. The molecule has 0 radical (unpaired) electrons. The van der Waals surface area contributed by atoms with E-state index in [-0.39, 0.29) is 4.90 Å². The number of hydrogen-bond donors (Lipinski definition) is 2. The summed E-state index contributed by atoms with van der Waals surface area (Å²) in [4.78, 5) is 16.2. The number of carbonyl (C=O) groups is 1. The average Bonchev–Trinajstić information content (AvgIpc) is 2.70. The quantitative estimate of drug-likeness (QED) is 0.633. The summed E-state index contributed by atoms with van der Waals surface area (Å²) in [6.07, 6.45) is 1.39. The summed E-state index contributed by atoms with van der Waals surface area (Å²) >= 11 is 0. The number of benzene rings is 2. The monoisotopic (exact) mass is 383 g/mol. The van der Waals surface area contributed by atoms with Crippen molar-refractivity contribution in [3.63, 3.8) is 0 Å². The number of sulfonamides is 1. The molecule has 0 bridgehead atoms. The molecule has 8 heteroatoms. The Bertz CT molecular complexity index is 1040. The highest BCUT2D eigenvalue weighted by atomic mass is 32.2. The lowest BCUT2D eigenvalue weighted by molar-refractivity contribution is 0.0602. The number of esters is 1. The van der Waals surface area contributed by atoms with Crippen LogP contribution < -0.4 is 10.0 Å². The topological polar surface area (TPSA) is 97.4 Å². The Balaban J connectivity index is 1.76. The molecule has 0 saturated carbocycles. The summed E-state index contributed by atoms with van der Waals surface area (Å²) in [6.45, 7) is 0. The molecule has 0 aliphatic heterocycles. The number of hydrogen-bond acceptors (Lipinski definition) is 6. The van der Waals surface area contributed by atoms with Gasteiger partial charge in [-0.2, -0.15) is 0 Å². The number of ether oxygens (including phenoxy) is 1. The van der Waals surface area contributed by atoms with Crippen LogP contribution in [-0.2, 0) is 14.8 Å². The van der Waals surface area contributed by atoms with Crippen LogP contribution in [0.5, 0.6) is 0 Å². The number of carbonyl (C=O) groups excluding carboxylic acids is 1. The molecule has 3 rings (SSSR count). The molecular formula is C19H17N3O4S. The maximum atomic E-state index is 12.3. The number of methoxy groups -OCH3 is 1. The van der Waals surface area contributed by atoms with E-state index in [1.54, 1.807) is 54.6 Å². The van der Waals surface area contributed by atoms with Gasteiger partial charge in [0, 0.05) is 0 Å². The standard InChI is InChI=1S/C19H17N3O4S/c1-26-19(23)16-9-5-6-10-17(16)21-18-12-11-14(13-20-18)22-27(24,25)15-7-3-2-4-8-15/h2-13,22H,1H3,(H,20,21). The predicted octanol–water partition coefficient (Wildman–Crippen LogP) is 3.41. The lowest BCUT2D eigenvalue weighted by Crippen LogP contribution is -2.13.